The van der Waals surface area contributed by atoms with Crippen LogP contribution in [-0.4, -0.2) is 55.0 Å². The number of hydrogen-bond donors (Lipinski definition) is 0. The first-order valence-corrected chi connectivity index (χ1v) is 11.3. The maximum atomic E-state index is 13.7. The number of pyridine rings is 1. The molecule has 0 aliphatic carbocycles. The van der Waals surface area contributed by atoms with Crippen molar-refractivity contribution in [1.29, 1.82) is 0 Å². The summed E-state index contributed by atoms with van der Waals surface area (Å²) in [6.45, 7) is 4.84. The SMILES string of the molecule is CCN(C)C1CCN(c2cn(S(=O)(=O)c3cccc(F)c3)c3cccnc23)CC1. The first kappa shape index (κ1) is 19.8. The normalized spacial score (nSPS) is 16.1. The van der Waals surface area contributed by atoms with Gasteiger partial charge in [0.25, 0.3) is 10.0 Å². The van der Waals surface area contributed by atoms with Gasteiger partial charge in [0, 0.05) is 31.5 Å². The van der Waals surface area contributed by atoms with Gasteiger partial charge in [-0.2, -0.15) is 0 Å². The topological polar surface area (TPSA) is 58.4 Å². The zero-order chi connectivity index (χ0) is 20.6. The Hall–Kier alpha value is -2.45. The lowest BCUT2D eigenvalue weighted by Crippen LogP contribution is -2.43. The fourth-order valence-electron chi connectivity index (χ4n) is 3.99. The van der Waals surface area contributed by atoms with E-state index in [1.54, 1.807) is 24.5 Å². The Morgan fingerprint density at radius 1 is 1.21 bits per heavy atom. The Morgan fingerprint density at radius 2 is 1.97 bits per heavy atom. The van der Waals surface area contributed by atoms with E-state index in [2.05, 4.69) is 28.8 Å². The zero-order valence-corrected chi connectivity index (χ0v) is 17.4. The Morgan fingerprint density at radius 3 is 2.66 bits per heavy atom. The second-order valence-corrected chi connectivity index (χ2v) is 9.25. The maximum Gasteiger partial charge on any atom is 0.268 e. The number of rotatable bonds is 5. The van der Waals surface area contributed by atoms with Gasteiger partial charge in [-0.3, -0.25) is 4.98 Å². The van der Waals surface area contributed by atoms with E-state index in [-0.39, 0.29) is 4.90 Å². The van der Waals surface area contributed by atoms with Crippen molar-refractivity contribution in [3.8, 4) is 0 Å². The molecule has 0 radical (unpaired) electrons. The van der Waals surface area contributed by atoms with E-state index < -0.39 is 15.8 Å². The highest BCUT2D eigenvalue weighted by Crippen LogP contribution is 2.32. The molecule has 29 heavy (non-hydrogen) atoms. The van der Waals surface area contributed by atoms with E-state index >= 15 is 0 Å². The van der Waals surface area contributed by atoms with Gasteiger partial charge in [-0.1, -0.05) is 13.0 Å². The van der Waals surface area contributed by atoms with Crippen LogP contribution in [0.5, 0.6) is 0 Å². The van der Waals surface area contributed by atoms with Crippen LogP contribution in [-0.2, 0) is 10.0 Å². The van der Waals surface area contributed by atoms with Crippen LogP contribution in [0.4, 0.5) is 10.1 Å². The summed E-state index contributed by atoms with van der Waals surface area (Å²) >= 11 is 0. The number of nitrogens with zero attached hydrogens (tertiary/aromatic N) is 4. The van der Waals surface area contributed by atoms with Gasteiger partial charge in [0.15, 0.2) is 0 Å². The summed E-state index contributed by atoms with van der Waals surface area (Å²) in [6, 6.07) is 9.08. The van der Waals surface area contributed by atoms with Gasteiger partial charge in [0.05, 0.1) is 16.1 Å². The lowest BCUT2D eigenvalue weighted by molar-refractivity contribution is 0.218. The molecule has 1 fully saturated rings. The molecule has 0 saturated carbocycles. The highest BCUT2D eigenvalue weighted by Gasteiger charge is 2.27. The maximum absolute atomic E-state index is 13.7. The van der Waals surface area contributed by atoms with Gasteiger partial charge < -0.3 is 9.80 Å². The van der Waals surface area contributed by atoms with Crippen LogP contribution in [0.1, 0.15) is 19.8 Å². The third-order valence-electron chi connectivity index (χ3n) is 5.79. The molecule has 1 aliphatic heterocycles. The van der Waals surface area contributed by atoms with E-state index in [1.165, 1.54) is 22.2 Å². The molecule has 1 aromatic carbocycles. The summed E-state index contributed by atoms with van der Waals surface area (Å²) in [5.74, 6) is -0.581. The molecule has 2 aromatic heterocycles. The average molecular weight is 417 g/mol. The summed E-state index contributed by atoms with van der Waals surface area (Å²) in [5, 5.41) is 0. The van der Waals surface area contributed by atoms with Crippen molar-refractivity contribution in [2.75, 3.05) is 31.6 Å². The van der Waals surface area contributed by atoms with Crippen molar-refractivity contribution in [3.05, 3.63) is 54.6 Å². The first-order valence-electron chi connectivity index (χ1n) is 9.84. The van der Waals surface area contributed by atoms with Crippen molar-refractivity contribution in [3.63, 3.8) is 0 Å². The van der Waals surface area contributed by atoms with E-state index in [9.17, 15) is 12.8 Å². The van der Waals surface area contributed by atoms with Crippen molar-refractivity contribution in [2.45, 2.75) is 30.7 Å². The molecule has 0 atom stereocenters. The molecule has 4 rings (SSSR count). The standard InChI is InChI=1S/C21H25FN4O2S/c1-3-24(2)17-9-12-25(13-10-17)20-15-26(19-8-5-11-23-21(19)20)29(27,28)18-7-4-6-16(22)14-18/h4-8,11,14-15,17H,3,9-10,12-13H2,1-2H3. The largest absolute Gasteiger partial charge is 0.368 e. The van der Waals surface area contributed by atoms with Crippen LogP contribution in [0.25, 0.3) is 11.0 Å². The molecule has 8 heteroatoms. The number of piperidine rings is 1. The zero-order valence-electron chi connectivity index (χ0n) is 16.6. The quantitative estimate of drug-likeness (QED) is 0.639. The van der Waals surface area contributed by atoms with Gasteiger partial charge in [0.2, 0.25) is 0 Å². The minimum atomic E-state index is -3.93. The Kier molecular flexibility index (Phi) is 5.31. The number of aromatic nitrogens is 2. The van der Waals surface area contributed by atoms with E-state index in [1.807, 2.05) is 0 Å². The number of benzene rings is 1. The molecule has 0 amide bonds. The second-order valence-electron chi connectivity index (χ2n) is 7.44. The predicted octanol–water partition coefficient (Wildman–Crippen LogP) is 3.33. The molecule has 3 aromatic rings. The van der Waals surface area contributed by atoms with Gasteiger partial charge in [-0.15, -0.1) is 0 Å². The van der Waals surface area contributed by atoms with Gasteiger partial charge >= 0.3 is 0 Å². The van der Waals surface area contributed by atoms with Crippen molar-refractivity contribution < 1.29 is 12.8 Å². The number of hydrogen-bond acceptors (Lipinski definition) is 5. The molecule has 0 unspecified atom stereocenters. The van der Waals surface area contributed by atoms with Crippen LogP contribution in [0.2, 0.25) is 0 Å². The summed E-state index contributed by atoms with van der Waals surface area (Å²) in [6.07, 6.45) is 5.32. The summed E-state index contributed by atoms with van der Waals surface area (Å²) in [5.41, 5.74) is 1.95. The minimum absolute atomic E-state index is 0.0759. The Labute approximate surface area is 170 Å². The molecule has 0 bridgehead atoms. The molecule has 1 saturated heterocycles. The number of anilines is 1. The highest BCUT2D eigenvalue weighted by atomic mass is 32.2. The average Bonchev–Trinajstić information content (AvgIpc) is 3.14. The van der Waals surface area contributed by atoms with Crippen molar-refractivity contribution in [2.24, 2.45) is 0 Å². The third kappa shape index (κ3) is 3.62. The van der Waals surface area contributed by atoms with Crippen LogP contribution >= 0.6 is 0 Å². The van der Waals surface area contributed by atoms with Crippen LogP contribution in [0, 0.1) is 5.82 Å². The van der Waals surface area contributed by atoms with Crippen LogP contribution < -0.4 is 4.90 Å². The smallest absolute Gasteiger partial charge is 0.268 e. The Bertz CT molecular complexity index is 1120. The van der Waals surface area contributed by atoms with Crippen LogP contribution in [0.15, 0.2) is 53.7 Å². The Balaban J connectivity index is 1.73. The molecule has 6 nitrogen and oxygen atoms in total. The molecule has 1 aliphatic rings. The molecule has 154 valence electrons. The van der Waals surface area contributed by atoms with Gasteiger partial charge in [0.1, 0.15) is 11.3 Å². The molecular formula is C21H25FN4O2S. The first-order chi connectivity index (χ1) is 13.9. The molecular weight excluding hydrogens is 391 g/mol. The summed E-state index contributed by atoms with van der Waals surface area (Å²) in [4.78, 5) is 8.94. The fourth-order valence-corrected chi connectivity index (χ4v) is 5.37. The summed E-state index contributed by atoms with van der Waals surface area (Å²) in [7, 11) is -1.79. The van der Waals surface area contributed by atoms with E-state index in [4.69, 9.17) is 0 Å². The highest BCUT2D eigenvalue weighted by molar-refractivity contribution is 7.90. The predicted molar refractivity (Wildman–Crippen MR) is 112 cm³/mol. The summed E-state index contributed by atoms with van der Waals surface area (Å²) < 4.78 is 41.3. The third-order valence-corrected chi connectivity index (χ3v) is 7.46. The molecule has 0 N–H and O–H groups in total. The second kappa shape index (κ2) is 7.76. The molecule has 0 spiro atoms. The molecule has 3 heterocycles. The number of fused-ring (bicyclic) bond motifs is 1. The monoisotopic (exact) mass is 416 g/mol. The lowest BCUT2D eigenvalue weighted by atomic mass is 10.0. The van der Waals surface area contributed by atoms with Gasteiger partial charge in [-0.25, -0.2) is 16.8 Å². The lowest BCUT2D eigenvalue weighted by Gasteiger charge is -2.37. The van der Waals surface area contributed by atoms with Crippen LogP contribution in [0.3, 0.4) is 0 Å². The van der Waals surface area contributed by atoms with E-state index in [0.29, 0.717) is 17.1 Å². The number of halogens is 1. The fraction of sp³-hybridized carbons (Fsp3) is 0.381. The van der Waals surface area contributed by atoms with Gasteiger partial charge in [-0.05, 0) is 56.8 Å². The van der Waals surface area contributed by atoms with E-state index in [0.717, 1.165) is 44.2 Å². The van der Waals surface area contributed by atoms with Crippen molar-refractivity contribution >= 4 is 26.7 Å². The van der Waals surface area contributed by atoms with Crippen molar-refractivity contribution in [1.82, 2.24) is 13.9 Å². The minimum Gasteiger partial charge on any atom is -0.368 e.